The van der Waals surface area contributed by atoms with Crippen molar-refractivity contribution in [2.45, 2.75) is 17.1 Å². The monoisotopic (exact) mass is 666 g/mol. The normalized spacial score (nSPS) is 11.8. The Balaban J connectivity index is 1.32. The van der Waals surface area contributed by atoms with E-state index in [1.54, 1.807) is 55.5 Å². The van der Waals surface area contributed by atoms with Crippen molar-refractivity contribution >= 4 is 63.0 Å². The molecule has 1 aromatic heterocycles. The molecule has 8 nitrogen and oxygen atoms in total. The number of hydrogen-bond donors (Lipinski definition) is 3. The van der Waals surface area contributed by atoms with Gasteiger partial charge >= 0.3 is 0 Å². The zero-order chi connectivity index (χ0) is 30.9. The number of aromatic nitrogens is 1. The second-order valence-corrected chi connectivity index (χ2v) is 11.7. The van der Waals surface area contributed by atoms with Crippen LogP contribution in [-0.4, -0.2) is 22.9 Å². The van der Waals surface area contributed by atoms with E-state index in [1.165, 1.54) is 11.8 Å². The van der Waals surface area contributed by atoms with Crippen molar-refractivity contribution in [1.82, 2.24) is 10.5 Å². The number of amides is 3. The van der Waals surface area contributed by atoms with Crippen LogP contribution in [-0.2, 0) is 9.59 Å². The van der Waals surface area contributed by atoms with E-state index >= 15 is 0 Å². The summed E-state index contributed by atoms with van der Waals surface area (Å²) in [6.07, 6.45) is 1.62. The Morgan fingerprint density at radius 2 is 1.55 bits per heavy atom. The van der Waals surface area contributed by atoms with Gasteiger partial charge in [0.25, 0.3) is 11.8 Å². The highest BCUT2D eigenvalue weighted by molar-refractivity contribution is 9.10. The second-order valence-electron chi connectivity index (χ2n) is 9.63. The van der Waals surface area contributed by atoms with Gasteiger partial charge in [-0.1, -0.05) is 81.8 Å². The Labute approximate surface area is 267 Å². The van der Waals surface area contributed by atoms with E-state index in [0.29, 0.717) is 22.8 Å². The molecule has 5 rings (SSSR count). The molecule has 0 bridgehead atoms. The summed E-state index contributed by atoms with van der Waals surface area (Å²) < 4.78 is 5.92. The first-order valence-corrected chi connectivity index (χ1v) is 15.2. The molecule has 0 fully saturated rings. The lowest BCUT2D eigenvalue weighted by atomic mass is 10.1. The van der Waals surface area contributed by atoms with Crippen LogP contribution >= 0.6 is 27.7 Å². The van der Waals surface area contributed by atoms with Crippen LogP contribution < -0.4 is 16.0 Å². The Hall–Kier alpha value is -4.93. The van der Waals surface area contributed by atoms with Gasteiger partial charge in [0.15, 0.2) is 5.82 Å². The molecule has 3 amide bonds. The van der Waals surface area contributed by atoms with E-state index in [4.69, 9.17) is 4.52 Å². The summed E-state index contributed by atoms with van der Waals surface area (Å²) in [7, 11) is 0. The topological polar surface area (TPSA) is 113 Å². The summed E-state index contributed by atoms with van der Waals surface area (Å²) in [5.41, 5.74) is 2.59. The zero-order valence-electron chi connectivity index (χ0n) is 23.5. The van der Waals surface area contributed by atoms with Crippen molar-refractivity contribution in [1.29, 1.82) is 0 Å². The minimum Gasteiger partial charge on any atom is -0.360 e. The molecular formula is C34H27BrN4O4S. The average Bonchev–Trinajstić information content (AvgIpc) is 3.45. The third kappa shape index (κ3) is 8.33. The SMILES string of the molecule is Cc1cc(NC(=O)C(Sc2ccc(NC(=O)/C(=C/c3cccc(Br)c3)NC(=O)c3ccccc3)cc2)c2ccccc2)no1. The van der Waals surface area contributed by atoms with Crippen LogP contribution in [0, 0.1) is 6.92 Å². The van der Waals surface area contributed by atoms with E-state index in [0.717, 1.165) is 20.5 Å². The maximum atomic E-state index is 13.4. The van der Waals surface area contributed by atoms with E-state index in [9.17, 15) is 14.4 Å². The van der Waals surface area contributed by atoms with Crippen LogP contribution in [0.3, 0.4) is 0 Å². The predicted octanol–water partition coefficient (Wildman–Crippen LogP) is 7.63. The number of nitrogens with zero attached hydrogens (tertiary/aromatic N) is 1. The summed E-state index contributed by atoms with van der Waals surface area (Å²) in [6, 6.07) is 34.3. The zero-order valence-corrected chi connectivity index (χ0v) is 25.9. The van der Waals surface area contributed by atoms with E-state index in [-0.39, 0.29) is 11.6 Å². The molecule has 0 radical (unpaired) electrons. The van der Waals surface area contributed by atoms with Crippen molar-refractivity contribution in [2.24, 2.45) is 0 Å². The molecule has 220 valence electrons. The highest BCUT2D eigenvalue weighted by Gasteiger charge is 2.23. The van der Waals surface area contributed by atoms with Crippen LogP contribution in [0.5, 0.6) is 0 Å². The first-order valence-electron chi connectivity index (χ1n) is 13.5. The molecule has 1 unspecified atom stereocenters. The fraction of sp³-hybridized carbons (Fsp3) is 0.0588. The first kappa shape index (κ1) is 30.5. The molecule has 44 heavy (non-hydrogen) atoms. The Kier molecular flexibility index (Phi) is 10.1. The molecule has 0 aliphatic heterocycles. The van der Waals surface area contributed by atoms with Gasteiger partial charge in [-0.05, 0) is 72.7 Å². The highest BCUT2D eigenvalue weighted by Crippen LogP contribution is 2.36. The van der Waals surface area contributed by atoms with Crippen LogP contribution in [0.15, 0.2) is 135 Å². The summed E-state index contributed by atoms with van der Waals surface area (Å²) in [5, 5.41) is 11.7. The fourth-order valence-corrected chi connectivity index (χ4v) is 5.62. The van der Waals surface area contributed by atoms with Crippen molar-refractivity contribution in [3.8, 4) is 0 Å². The van der Waals surface area contributed by atoms with Crippen LogP contribution in [0.25, 0.3) is 6.08 Å². The number of nitrogens with one attached hydrogen (secondary N) is 3. The fourth-order valence-electron chi connectivity index (χ4n) is 4.17. The third-order valence-corrected chi connectivity index (χ3v) is 8.03. The molecule has 0 aliphatic rings. The minimum absolute atomic E-state index is 0.0827. The highest BCUT2D eigenvalue weighted by atomic mass is 79.9. The molecule has 0 aliphatic carbocycles. The number of anilines is 2. The van der Waals surface area contributed by atoms with Gasteiger partial charge < -0.3 is 20.5 Å². The third-order valence-electron chi connectivity index (χ3n) is 6.27. The lowest BCUT2D eigenvalue weighted by molar-refractivity contribution is -0.116. The Morgan fingerprint density at radius 1 is 0.841 bits per heavy atom. The number of halogens is 1. The van der Waals surface area contributed by atoms with Crippen molar-refractivity contribution in [3.05, 3.63) is 148 Å². The number of rotatable bonds is 10. The quantitative estimate of drug-likeness (QED) is 0.104. The number of benzene rings is 4. The average molecular weight is 668 g/mol. The van der Waals surface area contributed by atoms with E-state index < -0.39 is 17.1 Å². The van der Waals surface area contributed by atoms with Gasteiger partial charge in [0.1, 0.15) is 16.7 Å². The van der Waals surface area contributed by atoms with E-state index in [1.807, 2.05) is 72.8 Å². The summed E-state index contributed by atoms with van der Waals surface area (Å²) in [5.74, 6) is -0.198. The number of aryl methyl sites for hydroxylation is 1. The minimum atomic E-state index is -0.568. The summed E-state index contributed by atoms with van der Waals surface area (Å²) in [4.78, 5) is 40.4. The Morgan fingerprint density at radius 3 is 2.20 bits per heavy atom. The number of carbonyl (C=O) groups excluding carboxylic acids is 3. The molecule has 1 heterocycles. The standard InChI is InChI=1S/C34H27BrN4O4S/c1-22-19-30(39-43-22)38-34(42)31(24-10-4-2-5-11-24)44-28-17-15-27(16-18-28)36-33(41)29(21-23-9-8-14-26(35)20-23)37-32(40)25-12-6-3-7-13-25/h2-21,31H,1H3,(H,36,41)(H,37,40)(H,38,39,42)/b29-21-. The maximum absolute atomic E-state index is 13.4. The maximum Gasteiger partial charge on any atom is 0.272 e. The van der Waals surface area contributed by atoms with Crippen molar-refractivity contribution in [2.75, 3.05) is 10.6 Å². The molecule has 1 atom stereocenters. The van der Waals surface area contributed by atoms with Gasteiger partial charge in [-0.2, -0.15) is 0 Å². The number of thioether (sulfide) groups is 1. The van der Waals surface area contributed by atoms with Crippen LogP contribution in [0.1, 0.15) is 32.5 Å². The first-order chi connectivity index (χ1) is 21.3. The van der Waals surface area contributed by atoms with Crippen LogP contribution in [0.2, 0.25) is 0 Å². The molecule has 0 saturated carbocycles. The molecule has 3 N–H and O–H groups in total. The van der Waals surface area contributed by atoms with Gasteiger partial charge in [-0.3, -0.25) is 14.4 Å². The van der Waals surface area contributed by atoms with Gasteiger partial charge in [0.05, 0.1) is 0 Å². The smallest absolute Gasteiger partial charge is 0.272 e. The molecule has 0 saturated heterocycles. The lowest BCUT2D eigenvalue weighted by Crippen LogP contribution is -2.30. The van der Waals surface area contributed by atoms with Crippen LogP contribution in [0.4, 0.5) is 11.5 Å². The number of hydrogen-bond acceptors (Lipinski definition) is 6. The van der Waals surface area contributed by atoms with Gasteiger partial charge in [0, 0.05) is 26.7 Å². The summed E-state index contributed by atoms with van der Waals surface area (Å²) >= 11 is 4.81. The van der Waals surface area contributed by atoms with Crippen molar-refractivity contribution < 1.29 is 18.9 Å². The molecule has 5 aromatic rings. The molecule has 4 aromatic carbocycles. The van der Waals surface area contributed by atoms with Gasteiger partial charge in [-0.15, -0.1) is 11.8 Å². The molecule has 0 spiro atoms. The second kappa shape index (κ2) is 14.5. The van der Waals surface area contributed by atoms with E-state index in [2.05, 4.69) is 37.0 Å². The predicted molar refractivity (Wildman–Crippen MR) is 176 cm³/mol. The summed E-state index contributed by atoms with van der Waals surface area (Å²) in [6.45, 7) is 1.75. The Bertz CT molecular complexity index is 1790. The number of carbonyl (C=O) groups is 3. The largest absolute Gasteiger partial charge is 0.360 e. The van der Waals surface area contributed by atoms with Crippen molar-refractivity contribution in [3.63, 3.8) is 0 Å². The van der Waals surface area contributed by atoms with Gasteiger partial charge in [0.2, 0.25) is 5.91 Å². The lowest BCUT2D eigenvalue weighted by Gasteiger charge is -2.16. The van der Waals surface area contributed by atoms with Gasteiger partial charge in [-0.25, -0.2) is 0 Å². The molecular weight excluding hydrogens is 640 g/mol. The molecule has 10 heteroatoms.